The summed E-state index contributed by atoms with van der Waals surface area (Å²) >= 11 is 0. The molecule has 67 heavy (non-hydrogen) atoms. The third-order valence-corrected chi connectivity index (χ3v) is 21.1. The van der Waals surface area contributed by atoms with Crippen LogP contribution >= 0.6 is 0 Å². The van der Waals surface area contributed by atoms with Crippen LogP contribution in [0.15, 0.2) is 69.9 Å². The van der Waals surface area contributed by atoms with Crippen molar-refractivity contribution in [2.24, 2.45) is 85.8 Å². The fourth-order valence-electron chi connectivity index (χ4n) is 16.8. The zero-order valence-electron chi connectivity index (χ0n) is 43.9. The predicted octanol–water partition coefficient (Wildman–Crippen LogP) is 11.2. The summed E-state index contributed by atoms with van der Waals surface area (Å²) in [5.74, 6) is 1.61. The molecular formula is C60H87AlO6. The quantitative estimate of drug-likeness (QED) is 0.245. The summed E-state index contributed by atoms with van der Waals surface area (Å²) in [4.78, 5) is 35.5. The van der Waals surface area contributed by atoms with Crippen molar-refractivity contribution in [3.8, 4) is 0 Å². The van der Waals surface area contributed by atoms with Gasteiger partial charge in [-0.15, -0.1) is 0 Å². The molecule has 366 valence electrons. The number of rotatable bonds is 6. The Morgan fingerprint density at radius 1 is 0.448 bits per heavy atom. The van der Waals surface area contributed by atoms with Crippen molar-refractivity contribution in [1.29, 1.82) is 0 Å². The Balaban J connectivity index is 0.000000165. The van der Waals surface area contributed by atoms with Crippen LogP contribution < -0.4 is 15.3 Å². The van der Waals surface area contributed by atoms with Gasteiger partial charge in [0.05, 0.1) is 0 Å². The number of carbonyl (C=O) groups is 3. The molecule has 9 aliphatic rings. The van der Waals surface area contributed by atoms with Gasteiger partial charge >= 0.3 is 17.4 Å². The molecule has 0 N–H and O–H groups in total. The smallest absolute Gasteiger partial charge is 0.550 e. The first-order chi connectivity index (χ1) is 30.9. The first kappa shape index (κ1) is 53.7. The van der Waals surface area contributed by atoms with Crippen LogP contribution in [0, 0.1) is 85.8 Å². The molecule has 0 saturated heterocycles. The van der Waals surface area contributed by atoms with Crippen molar-refractivity contribution < 1.29 is 29.7 Å². The number of carboxylic acids is 3. The van der Waals surface area contributed by atoms with Crippen LogP contribution in [0.3, 0.4) is 0 Å². The third-order valence-electron chi connectivity index (χ3n) is 21.1. The molecule has 0 aliphatic heterocycles. The van der Waals surface area contributed by atoms with Crippen LogP contribution in [0.4, 0.5) is 0 Å². The zero-order chi connectivity index (χ0) is 48.4. The van der Waals surface area contributed by atoms with Crippen LogP contribution in [-0.4, -0.2) is 35.3 Å². The van der Waals surface area contributed by atoms with Gasteiger partial charge < -0.3 is 29.7 Å². The van der Waals surface area contributed by atoms with Gasteiger partial charge in [-0.25, -0.2) is 0 Å². The molecular weight excluding hydrogens is 844 g/mol. The Labute approximate surface area is 417 Å². The van der Waals surface area contributed by atoms with Crippen LogP contribution in [0.25, 0.3) is 0 Å². The maximum Gasteiger partial charge on any atom is 3.00 e. The fourth-order valence-corrected chi connectivity index (χ4v) is 16.8. The van der Waals surface area contributed by atoms with E-state index in [4.69, 9.17) is 0 Å². The van der Waals surface area contributed by atoms with Crippen LogP contribution in [0.5, 0.6) is 0 Å². The van der Waals surface area contributed by atoms with E-state index in [1.807, 2.05) is 20.8 Å². The van der Waals surface area contributed by atoms with Crippen molar-refractivity contribution in [3.05, 3.63) is 69.9 Å². The molecule has 12 atom stereocenters. The molecule has 0 amide bonds. The van der Waals surface area contributed by atoms with E-state index in [1.165, 1.54) is 55.2 Å². The Kier molecular flexibility index (Phi) is 15.9. The molecule has 0 radical (unpaired) electrons. The van der Waals surface area contributed by atoms with Gasteiger partial charge in [0.25, 0.3) is 0 Å². The Morgan fingerprint density at radius 3 is 0.896 bits per heavy atom. The minimum absolute atomic E-state index is 0. The molecule has 0 aromatic carbocycles. The van der Waals surface area contributed by atoms with Gasteiger partial charge in [-0.2, -0.15) is 0 Å². The van der Waals surface area contributed by atoms with E-state index >= 15 is 0 Å². The van der Waals surface area contributed by atoms with Gasteiger partial charge in [0.1, 0.15) is 0 Å². The number of aliphatic carboxylic acids is 3. The molecule has 0 heterocycles. The average Bonchev–Trinajstić information content (AvgIpc) is 3.26. The Morgan fingerprint density at radius 2 is 0.687 bits per heavy atom. The van der Waals surface area contributed by atoms with Crippen molar-refractivity contribution in [2.75, 3.05) is 0 Å². The largest absolute Gasteiger partial charge is 3.00 e. The Hall–Kier alpha value is -2.62. The summed E-state index contributed by atoms with van der Waals surface area (Å²) in [6.45, 7) is 26.5. The van der Waals surface area contributed by atoms with E-state index in [1.54, 1.807) is 16.7 Å². The summed E-state index contributed by atoms with van der Waals surface area (Å²) in [5.41, 5.74) is 7.52. The summed E-state index contributed by atoms with van der Waals surface area (Å²) in [5, 5.41) is 35.5. The van der Waals surface area contributed by atoms with Crippen LogP contribution in [-0.2, 0) is 14.4 Å². The number of carbonyl (C=O) groups excluding carboxylic acids is 3. The fraction of sp³-hybridized carbons (Fsp3) is 0.750. The van der Waals surface area contributed by atoms with E-state index in [0.717, 1.165) is 77.0 Å². The minimum atomic E-state index is -0.838. The third kappa shape index (κ3) is 9.40. The molecule has 3 saturated carbocycles. The summed E-state index contributed by atoms with van der Waals surface area (Å²) in [6, 6.07) is 0. The second kappa shape index (κ2) is 19.9. The molecule has 0 aromatic heterocycles. The topological polar surface area (TPSA) is 120 Å². The number of hydrogen-bond acceptors (Lipinski definition) is 6. The van der Waals surface area contributed by atoms with E-state index in [2.05, 4.69) is 98.8 Å². The monoisotopic (exact) mass is 931 g/mol. The van der Waals surface area contributed by atoms with Gasteiger partial charge in [-0.05, 0) is 183 Å². The second-order valence-electron chi connectivity index (χ2n) is 25.6. The average molecular weight is 931 g/mol. The first-order valence-corrected chi connectivity index (χ1v) is 26.7. The van der Waals surface area contributed by atoms with Gasteiger partial charge in [-0.3, -0.25) is 0 Å². The Bertz CT molecular complexity index is 1870. The van der Waals surface area contributed by atoms with Crippen molar-refractivity contribution in [3.63, 3.8) is 0 Å². The van der Waals surface area contributed by atoms with Crippen molar-refractivity contribution in [1.82, 2.24) is 0 Å². The molecule has 0 aromatic rings. The molecule has 6 nitrogen and oxygen atoms in total. The number of fused-ring (bicyclic) bond motifs is 9. The van der Waals surface area contributed by atoms with Gasteiger partial charge in [-0.1, -0.05) is 156 Å². The minimum Gasteiger partial charge on any atom is -0.550 e. The number of carboxylic acid groups (broad SMARTS) is 3. The van der Waals surface area contributed by atoms with Gasteiger partial charge in [0.15, 0.2) is 0 Å². The predicted molar refractivity (Wildman–Crippen MR) is 266 cm³/mol. The maximum atomic E-state index is 11.8. The molecule has 0 bridgehead atoms. The molecule has 0 spiro atoms. The standard InChI is InChI=1S/3C20H30O2.Al/c3*1-13(2)14-6-8-16-15(12-14)7-9-17-19(16,3)10-5-11-20(17,4)18(21)22;/h3*7,12-13,16-17H,5-6,8-11H2,1-4H3,(H,21,22);/q;;;+3/p-3/t3*16-,17?,19+,20+;/m000./s1. The summed E-state index contributed by atoms with van der Waals surface area (Å²) in [7, 11) is 0. The molecule has 9 rings (SSSR count). The first-order valence-electron chi connectivity index (χ1n) is 26.7. The zero-order valence-corrected chi connectivity index (χ0v) is 45.1. The van der Waals surface area contributed by atoms with E-state index in [9.17, 15) is 29.7 Å². The SMILES string of the molecule is CC(C)C1=CC2=CCC3[C@](C)(C(=O)[O-])CCC[C@]3(C)[C@H]2CC1.CC(C)C1=CC2=CCC3[C@](C)(C(=O)[O-])CCC[C@]3(C)[C@H]2CC1.CC(C)C1=CC2=CCC3[C@](C)(C(=O)[O-])CCC[C@]3(C)[C@H]2CC1.[Al+3]. The van der Waals surface area contributed by atoms with E-state index in [-0.39, 0.29) is 51.4 Å². The molecule has 9 aliphatic carbocycles. The summed E-state index contributed by atoms with van der Waals surface area (Å²) in [6.07, 6.45) is 32.9. The van der Waals surface area contributed by atoms with Crippen molar-refractivity contribution in [2.45, 2.75) is 199 Å². The molecule has 3 fully saturated rings. The van der Waals surface area contributed by atoms with Gasteiger partial charge in [0.2, 0.25) is 0 Å². The molecule has 7 heteroatoms. The van der Waals surface area contributed by atoms with Crippen molar-refractivity contribution >= 4 is 35.3 Å². The second-order valence-corrected chi connectivity index (χ2v) is 25.6. The normalized spacial score (nSPS) is 40.7. The van der Waals surface area contributed by atoms with Crippen LogP contribution in [0.1, 0.15) is 199 Å². The van der Waals surface area contributed by atoms with E-state index in [0.29, 0.717) is 35.5 Å². The molecule has 3 unspecified atom stereocenters. The number of allylic oxidation sites excluding steroid dienone is 12. The van der Waals surface area contributed by atoms with Crippen LogP contribution in [0.2, 0.25) is 0 Å². The van der Waals surface area contributed by atoms with Gasteiger partial charge in [0, 0.05) is 34.2 Å². The summed E-state index contributed by atoms with van der Waals surface area (Å²) < 4.78 is 0. The number of hydrogen-bond donors (Lipinski definition) is 0. The van der Waals surface area contributed by atoms with E-state index < -0.39 is 34.2 Å². The maximum absolute atomic E-state index is 11.8.